The summed E-state index contributed by atoms with van der Waals surface area (Å²) in [6.45, 7) is 1.66. The van der Waals surface area contributed by atoms with Gasteiger partial charge >= 0.3 is 0 Å². The van der Waals surface area contributed by atoms with Crippen molar-refractivity contribution in [1.29, 1.82) is 0 Å². The monoisotopic (exact) mass is 192 g/mol. The Balaban J connectivity index is 2.48. The average molecular weight is 192 g/mol. The molecule has 0 aliphatic rings. The number of aliphatic hydroxyl groups is 1. The third-order valence-corrected chi connectivity index (χ3v) is 2.26. The Bertz CT molecular complexity index is 415. The predicted molar refractivity (Wildman–Crippen MR) is 50.6 cm³/mol. The van der Waals surface area contributed by atoms with Crippen molar-refractivity contribution in [3.05, 3.63) is 42.4 Å². The van der Waals surface area contributed by atoms with Gasteiger partial charge in [0.25, 0.3) is 0 Å². The molecule has 0 amide bonds. The van der Waals surface area contributed by atoms with E-state index in [1.807, 2.05) is 7.05 Å². The van der Waals surface area contributed by atoms with Crippen molar-refractivity contribution in [1.82, 2.24) is 9.55 Å². The maximum Gasteiger partial charge on any atom is 0.177 e. The second-order valence-electron chi connectivity index (χ2n) is 3.41. The van der Waals surface area contributed by atoms with E-state index in [1.54, 1.807) is 36.0 Å². The molecule has 0 aromatic carbocycles. The van der Waals surface area contributed by atoms with Crippen LogP contribution in [0.4, 0.5) is 0 Å². The van der Waals surface area contributed by atoms with Crippen LogP contribution in [-0.4, -0.2) is 14.7 Å². The van der Waals surface area contributed by atoms with Crippen LogP contribution in [0.1, 0.15) is 18.5 Å². The van der Waals surface area contributed by atoms with Gasteiger partial charge in [-0.3, -0.25) is 0 Å². The van der Waals surface area contributed by atoms with E-state index in [-0.39, 0.29) is 0 Å². The summed E-state index contributed by atoms with van der Waals surface area (Å²) < 4.78 is 6.94. The first-order valence-electron chi connectivity index (χ1n) is 4.36. The molecule has 2 rings (SSSR count). The number of aromatic nitrogens is 2. The maximum absolute atomic E-state index is 10.2. The van der Waals surface area contributed by atoms with E-state index in [1.165, 1.54) is 6.26 Å². The molecule has 2 aromatic rings. The molecule has 1 N–H and O–H groups in total. The van der Waals surface area contributed by atoms with Crippen molar-refractivity contribution in [3.63, 3.8) is 0 Å². The van der Waals surface area contributed by atoms with Crippen molar-refractivity contribution < 1.29 is 9.52 Å². The van der Waals surface area contributed by atoms with E-state index >= 15 is 0 Å². The Labute approximate surface area is 81.8 Å². The summed E-state index contributed by atoms with van der Waals surface area (Å²) in [5, 5.41) is 10.2. The van der Waals surface area contributed by atoms with Gasteiger partial charge in [-0.05, 0) is 19.1 Å². The van der Waals surface area contributed by atoms with Crippen LogP contribution in [0.5, 0.6) is 0 Å². The average Bonchev–Trinajstić information content (AvgIpc) is 2.72. The molecule has 0 bridgehead atoms. The Kier molecular flexibility index (Phi) is 1.93. The van der Waals surface area contributed by atoms with E-state index in [9.17, 15) is 5.11 Å². The van der Waals surface area contributed by atoms with Gasteiger partial charge in [0.1, 0.15) is 11.6 Å². The molecule has 1 unspecified atom stereocenters. The van der Waals surface area contributed by atoms with Crippen LogP contribution in [0.2, 0.25) is 0 Å². The first-order chi connectivity index (χ1) is 6.62. The zero-order valence-electron chi connectivity index (χ0n) is 8.14. The lowest BCUT2D eigenvalue weighted by atomic mass is 10.0. The van der Waals surface area contributed by atoms with E-state index in [0.29, 0.717) is 11.6 Å². The molecule has 0 saturated heterocycles. The highest BCUT2D eigenvalue weighted by atomic mass is 16.4. The van der Waals surface area contributed by atoms with Crippen LogP contribution in [0.3, 0.4) is 0 Å². The highest BCUT2D eigenvalue weighted by Gasteiger charge is 2.32. The second-order valence-corrected chi connectivity index (χ2v) is 3.41. The van der Waals surface area contributed by atoms with Crippen molar-refractivity contribution >= 4 is 0 Å². The lowest BCUT2D eigenvalue weighted by Crippen LogP contribution is -2.26. The van der Waals surface area contributed by atoms with Gasteiger partial charge in [0.15, 0.2) is 5.60 Å². The molecule has 4 nitrogen and oxygen atoms in total. The summed E-state index contributed by atoms with van der Waals surface area (Å²) in [7, 11) is 1.83. The number of hydrogen-bond acceptors (Lipinski definition) is 3. The van der Waals surface area contributed by atoms with Gasteiger partial charge in [-0.25, -0.2) is 4.98 Å². The fourth-order valence-electron chi connectivity index (χ4n) is 1.50. The molecular weight excluding hydrogens is 180 g/mol. The molecule has 1 atom stereocenters. The van der Waals surface area contributed by atoms with Crippen molar-refractivity contribution in [2.75, 3.05) is 0 Å². The number of nitrogens with zero attached hydrogens (tertiary/aromatic N) is 2. The van der Waals surface area contributed by atoms with Gasteiger partial charge in [0.2, 0.25) is 0 Å². The fourth-order valence-corrected chi connectivity index (χ4v) is 1.50. The molecule has 2 aromatic heterocycles. The second kappa shape index (κ2) is 2.99. The Morgan fingerprint density at radius 3 is 2.86 bits per heavy atom. The number of imidazole rings is 1. The Morgan fingerprint density at radius 2 is 2.36 bits per heavy atom. The molecule has 0 aliphatic heterocycles. The molecule has 0 fully saturated rings. The van der Waals surface area contributed by atoms with Crippen LogP contribution in [0.25, 0.3) is 0 Å². The van der Waals surface area contributed by atoms with Gasteiger partial charge in [-0.2, -0.15) is 0 Å². The molecule has 4 heteroatoms. The zero-order valence-corrected chi connectivity index (χ0v) is 8.14. The maximum atomic E-state index is 10.2. The van der Waals surface area contributed by atoms with Crippen molar-refractivity contribution in [2.45, 2.75) is 12.5 Å². The summed E-state index contributed by atoms with van der Waals surface area (Å²) >= 11 is 0. The topological polar surface area (TPSA) is 51.2 Å². The van der Waals surface area contributed by atoms with Gasteiger partial charge in [-0.15, -0.1) is 0 Å². The minimum Gasteiger partial charge on any atom is -0.466 e. The lowest BCUT2D eigenvalue weighted by Gasteiger charge is -2.19. The molecule has 14 heavy (non-hydrogen) atoms. The van der Waals surface area contributed by atoms with Gasteiger partial charge in [0, 0.05) is 19.4 Å². The quantitative estimate of drug-likeness (QED) is 0.779. The largest absolute Gasteiger partial charge is 0.466 e. The molecule has 2 heterocycles. The summed E-state index contributed by atoms with van der Waals surface area (Å²) in [5.41, 5.74) is -1.18. The first-order valence-corrected chi connectivity index (χ1v) is 4.36. The number of furan rings is 1. The van der Waals surface area contributed by atoms with Crippen LogP contribution < -0.4 is 0 Å². The van der Waals surface area contributed by atoms with Crippen LogP contribution in [0.15, 0.2) is 35.2 Å². The summed E-state index contributed by atoms with van der Waals surface area (Å²) in [6, 6.07) is 3.47. The third kappa shape index (κ3) is 1.24. The first kappa shape index (κ1) is 9.02. The van der Waals surface area contributed by atoms with E-state index in [0.717, 1.165) is 0 Å². The van der Waals surface area contributed by atoms with Crippen molar-refractivity contribution in [3.8, 4) is 0 Å². The molecule has 0 spiro atoms. The van der Waals surface area contributed by atoms with Crippen LogP contribution >= 0.6 is 0 Å². The standard InChI is InChI=1S/C10H12N2O2/c1-10(13,8-4-3-7-14-8)9-11-5-6-12(9)2/h3-7,13H,1-2H3. The van der Waals surface area contributed by atoms with Crippen LogP contribution in [-0.2, 0) is 12.6 Å². The van der Waals surface area contributed by atoms with E-state index in [4.69, 9.17) is 4.42 Å². The Hall–Kier alpha value is -1.55. The smallest absolute Gasteiger partial charge is 0.177 e. The number of rotatable bonds is 2. The van der Waals surface area contributed by atoms with Crippen LogP contribution in [0, 0.1) is 0 Å². The molecular formula is C10H12N2O2. The normalized spacial score (nSPS) is 15.4. The molecule has 0 radical (unpaired) electrons. The SMILES string of the molecule is Cn1ccnc1C(C)(O)c1ccco1. The molecule has 74 valence electrons. The molecule has 0 aliphatic carbocycles. The Morgan fingerprint density at radius 1 is 1.57 bits per heavy atom. The molecule has 0 saturated carbocycles. The van der Waals surface area contributed by atoms with Gasteiger partial charge < -0.3 is 14.1 Å². The van der Waals surface area contributed by atoms with Gasteiger partial charge in [-0.1, -0.05) is 0 Å². The summed E-state index contributed by atoms with van der Waals surface area (Å²) in [4.78, 5) is 4.10. The van der Waals surface area contributed by atoms with Gasteiger partial charge in [0.05, 0.1) is 6.26 Å². The number of hydrogen-bond donors (Lipinski definition) is 1. The number of aryl methyl sites for hydroxylation is 1. The predicted octanol–water partition coefficient (Wildman–Crippen LogP) is 1.27. The fraction of sp³-hybridized carbons (Fsp3) is 0.300. The van der Waals surface area contributed by atoms with E-state index < -0.39 is 5.60 Å². The lowest BCUT2D eigenvalue weighted by molar-refractivity contribution is 0.0647. The summed E-state index contributed by atoms with van der Waals surface area (Å²) in [5.74, 6) is 1.05. The highest BCUT2D eigenvalue weighted by Crippen LogP contribution is 2.27. The zero-order chi connectivity index (χ0) is 10.2. The third-order valence-electron chi connectivity index (χ3n) is 2.26. The minimum absolute atomic E-state index is 0.492. The van der Waals surface area contributed by atoms with E-state index in [2.05, 4.69) is 4.98 Å². The highest BCUT2D eigenvalue weighted by molar-refractivity contribution is 5.19. The minimum atomic E-state index is -1.18. The van der Waals surface area contributed by atoms with Crippen molar-refractivity contribution in [2.24, 2.45) is 7.05 Å². The summed E-state index contributed by atoms with van der Waals surface area (Å²) in [6.07, 6.45) is 4.96.